The number of hydrogen-bond donors (Lipinski definition) is 0. The Bertz CT molecular complexity index is 1050. The molecular formula is C23H19N3O2. The molecule has 1 spiro atoms. The molecule has 3 aliphatic heterocycles. The van der Waals surface area contributed by atoms with Gasteiger partial charge in [-0.15, -0.1) is 0 Å². The molecule has 3 atom stereocenters. The van der Waals surface area contributed by atoms with Crippen molar-refractivity contribution in [2.24, 2.45) is 10.9 Å². The standard InChI is InChI=1S/C23H19N3O2/c1-25-18-4-2-3-16(9-18)17-6-7-21-19(10-17)20(26-14-24)12-23(28-21)11-15-5-8-22(23)27-13-15/h2-4,6-7,9-10,15,22H,5,8,11-13H2/b26-20+. The molecule has 1 aliphatic carbocycles. The third kappa shape index (κ3) is 2.68. The summed E-state index contributed by atoms with van der Waals surface area (Å²) in [6.45, 7) is 8.04. The summed E-state index contributed by atoms with van der Waals surface area (Å²) in [6.07, 6.45) is 5.77. The van der Waals surface area contributed by atoms with Crippen LogP contribution in [0.15, 0.2) is 47.5 Å². The van der Waals surface area contributed by atoms with Gasteiger partial charge in [0, 0.05) is 12.0 Å². The summed E-state index contributed by atoms with van der Waals surface area (Å²) in [6, 6.07) is 13.5. The minimum Gasteiger partial charge on any atom is -0.483 e. The third-order valence-corrected chi connectivity index (χ3v) is 6.16. The zero-order valence-corrected chi connectivity index (χ0v) is 15.4. The van der Waals surface area contributed by atoms with Crippen molar-refractivity contribution >= 4 is 11.4 Å². The molecule has 5 nitrogen and oxygen atoms in total. The van der Waals surface area contributed by atoms with Crippen LogP contribution in [0.3, 0.4) is 0 Å². The maximum absolute atomic E-state index is 9.27. The molecule has 28 heavy (non-hydrogen) atoms. The van der Waals surface area contributed by atoms with Gasteiger partial charge >= 0.3 is 0 Å². The normalized spacial score (nSPS) is 29.0. The van der Waals surface area contributed by atoms with Crippen LogP contribution in [0.5, 0.6) is 5.75 Å². The van der Waals surface area contributed by atoms with Gasteiger partial charge in [-0.3, -0.25) is 0 Å². The summed E-state index contributed by atoms with van der Waals surface area (Å²) in [5.41, 5.74) is 3.77. The van der Waals surface area contributed by atoms with E-state index < -0.39 is 5.60 Å². The average Bonchev–Trinajstić information content (AvgIpc) is 2.74. The number of aliphatic imine (C=N–C) groups is 1. The number of nitriles is 1. The first kappa shape index (κ1) is 17.0. The van der Waals surface area contributed by atoms with Gasteiger partial charge in [-0.25, -0.2) is 4.85 Å². The molecule has 4 aliphatic rings. The molecule has 0 N–H and O–H groups in total. The Morgan fingerprint density at radius 3 is 2.79 bits per heavy atom. The fraction of sp³-hybridized carbons (Fsp3) is 0.348. The first-order chi connectivity index (χ1) is 13.7. The van der Waals surface area contributed by atoms with Crippen LogP contribution in [0, 0.1) is 23.9 Å². The predicted octanol–water partition coefficient (Wildman–Crippen LogP) is 4.89. The van der Waals surface area contributed by atoms with Gasteiger partial charge in [0.15, 0.2) is 5.69 Å². The van der Waals surface area contributed by atoms with Crippen LogP contribution in [0.25, 0.3) is 16.0 Å². The van der Waals surface area contributed by atoms with Crippen molar-refractivity contribution in [2.75, 3.05) is 6.61 Å². The Morgan fingerprint density at radius 1 is 1.18 bits per heavy atom. The summed E-state index contributed by atoms with van der Waals surface area (Å²) in [4.78, 5) is 7.68. The summed E-state index contributed by atoms with van der Waals surface area (Å²) < 4.78 is 12.6. The van der Waals surface area contributed by atoms with E-state index in [1.54, 1.807) is 6.07 Å². The molecule has 2 aromatic rings. The van der Waals surface area contributed by atoms with Crippen molar-refractivity contribution < 1.29 is 9.47 Å². The van der Waals surface area contributed by atoms with Gasteiger partial charge < -0.3 is 9.47 Å². The fourth-order valence-electron chi connectivity index (χ4n) is 4.87. The summed E-state index contributed by atoms with van der Waals surface area (Å²) >= 11 is 0. The van der Waals surface area contributed by atoms with Gasteiger partial charge in [0.25, 0.3) is 0 Å². The molecule has 0 amide bonds. The molecule has 6 rings (SSSR count). The molecule has 2 bridgehead atoms. The van der Waals surface area contributed by atoms with Crippen LogP contribution < -0.4 is 4.74 Å². The molecular weight excluding hydrogens is 350 g/mol. The molecule has 2 aromatic carbocycles. The highest BCUT2D eigenvalue weighted by Gasteiger charge is 2.53. The maximum Gasteiger partial charge on any atom is 0.205 e. The minimum atomic E-state index is -0.407. The second kappa shape index (κ2) is 6.48. The molecule has 0 aromatic heterocycles. The van der Waals surface area contributed by atoms with Gasteiger partial charge in [-0.05, 0) is 54.5 Å². The topological polar surface area (TPSA) is 59.0 Å². The quantitative estimate of drug-likeness (QED) is 0.531. The Balaban J connectivity index is 1.57. The van der Waals surface area contributed by atoms with Gasteiger partial charge in [-0.1, -0.05) is 24.3 Å². The lowest BCUT2D eigenvalue weighted by atomic mass is 9.69. The van der Waals surface area contributed by atoms with E-state index in [2.05, 4.69) is 9.84 Å². The zero-order valence-electron chi connectivity index (χ0n) is 15.4. The van der Waals surface area contributed by atoms with Crippen LogP contribution in [0.2, 0.25) is 0 Å². The van der Waals surface area contributed by atoms with E-state index >= 15 is 0 Å². The molecule has 2 saturated heterocycles. The molecule has 0 radical (unpaired) electrons. The Kier molecular flexibility index (Phi) is 3.93. The smallest absolute Gasteiger partial charge is 0.205 e. The number of benzene rings is 2. The Labute approximate surface area is 164 Å². The molecule has 1 saturated carbocycles. The van der Waals surface area contributed by atoms with Gasteiger partial charge in [-0.2, -0.15) is 10.3 Å². The van der Waals surface area contributed by atoms with Crippen molar-refractivity contribution in [3.8, 4) is 23.1 Å². The van der Waals surface area contributed by atoms with Crippen molar-refractivity contribution in [3.05, 3.63) is 59.4 Å². The van der Waals surface area contributed by atoms with Gasteiger partial charge in [0.2, 0.25) is 6.19 Å². The van der Waals surface area contributed by atoms with Gasteiger partial charge in [0.05, 0.1) is 25.0 Å². The van der Waals surface area contributed by atoms with E-state index in [4.69, 9.17) is 16.0 Å². The average molecular weight is 369 g/mol. The monoisotopic (exact) mass is 369 g/mol. The lowest BCUT2D eigenvalue weighted by Gasteiger charge is -2.52. The van der Waals surface area contributed by atoms with E-state index in [-0.39, 0.29) is 6.10 Å². The van der Waals surface area contributed by atoms with E-state index in [0.717, 1.165) is 47.6 Å². The Morgan fingerprint density at radius 2 is 2.07 bits per heavy atom. The first-order valence-corrected chi connectivity index (χ1v) is 9.59. The lowest BCUT2D eigenvalue weighted by Crippen LogP contribution is -2.60. The SMILES string of the molecule is [C-]#[N+]c1cccc(-c2ccc3c(c2)/C(=N/C#N)CC2(CC4CCC2OC4)O3)c1. The second-order valence-corrected chi connectivity index (χ2v) is 7.84. The minimum absolute atomic E-state index is 0.0598. The van der Waals surface area contributed by atoms with Crippen molar-refractivity contribution in [1.29, 1.82) is 5.26 Å². The van der Waals surface area contributed by atoms with Crippen molar-refractivity contribution in [2.45, 2.75) is 37.4 Å². The second-order valence-electron chi connectivity index (χ2n) is 7.84. The number of ether oxygens (including phenoxy) is 2. The lowest BCUT2D eigenvalue weighted by molar-refractivity contribution is -0.180. The van der Waals surface area contributed by atoms with Crippen LogP contribution in [-0.2, 0) is 4.74 Å². The number of hydrogen-bond acceptors (Lipinski definition) is 4. The van der Waals surface area contributed by atoms with Crippen LogP contribution >= 0.6 is 0 Å². The largest absolute Gasteiger partial charge is 0.483 e. The van der Waals surface area contributed by atoms with Crippen LogP contribution in [-0.4, -0.2) is 24.0 Å². The number of nitrogens with zero attached hydrogens (tertiary/aromatic N) is 3. The molecule has 3 unspecified atom stereocenters. The highest BCUT2D eigenvalue weighted by atomic mass is 16.6. The highest BCUT2D eigenvalue weighted by molar-refractivity contribution is 6.06. The number of rotatable bonds is 1. The molecule has 5 heteroatoms. The summed E-state index contributed by atoms with van der Waals surface area (Å²) in [5.74, 6) is 1.28. The number of fused-ring (bicyclic) bond motifs is 3. The van der Waals surface area contributed by atoms with E-state index in [9.17, 15) is 5.26 Å². The van der Waals surface area contributed by atoms with Gasteiger partial charge in [0.1, 0.15) is 11.4 Å². The first-order valence-electron chi connectivity index (χ1n) is 9.59. The molecule has 3 fully saturated rings. The van der Waals surface area contributed by atoms with Crippen molar-refractivity contribution in [3.63, 3.8) is 0 Å². The van der Waals surface area contributed by atoms with E-state index in [1.165, 1.54) is 6.42 Å². The predicted molar refractivity (Wildman–Crippen MR) is 105 cm³/mol. The van der Waals surface area contributed by atoms with Crippen molar-refractivity contribution in [1.82, 2.24) is 0 Å². The fourth-order valence-corrected chi connectivity index (χ4v) is 4.87. The zero-order chi connectivity index (χ0) is 19.1. The Hall–Kier alpha value is -3.15. The highest BCUT2D eigenvalue weighted by Crippen LogP contribution is 2.48. The van der Waals surface area contributed by atoms with E-state index in [1.807, 2.05) is 42.6 Å². The summed E-state index contributed by atoms with van der Waals surface area (Å²) in [5, 5.41) is 9.27. The maximum atomic E-state index is 9.27. The molecule has 138 valence electrons. The molecule has 3 heterocycles. The summed E-state index contributed by atoms with van der Waals surface area (Å²) in [7, 11) is 0. The van der Waals surface area contributed by atoms with Crippen LogP contribution in [0.1, 0.15) is 31.2 Å². The van der Waals surface area contributed by atoms with Crippen LogP contribution in [0.4, 0.5) is 5.69 Å². The third-order valence-electron chi connectivity index (χ3n) is 6.16. The van der Waals surface area contributed by atoms with E-state index in [0.29, 0.717) is 18.0 Å².